The molecular weight excluding hydrogens is 220 g/mol. The van der Waals surface area contributed by atoms with Crippen molar-refractivity contribution < 1.29 is 14.3 Å². The van der Waals surface area contributed by atoms with Crippen LogP contribution in [0.3, 0.4) is 0 Å². The molecule has 0 saturated carbocycles. The molecule has 1 rings (SSSR count). The van der Waals surface area contributed by atoms with E-state index in [1.54, 1.807) is 0 Å². The van der Waals surface area contributed by atoms with E-state index in [0.717, 1.165) is 6.07 Å². The highest BCUT2D eigenvalue weighted by molar-refractivity contribution is 6.33. The van der Waals surface area contributed by atoms with Gasteiger partial charge in [0.1, 0.15) is 5.15 Å². The van der Waals surface area contributed by atoms with E-state index in [4.69, 9.17) is 28.3 Å². The predicted octanol–water partition coefficient (Wildman–Crippen LogP) is 2.15. The summed E-state index contributed by atoms with van der Waals surface area (Å²) in [6, 6.07) is 0.964. The Kier molecular flexibility index (Phi) is 3.06. The topological polar surface area (TPSA) is 50.2 Å². The average Bonchev–Trinajstić information content (AvgIpc) is 1.99. The largest absolute Gasteiger partial charge is 0.481 e. The monoisotopic (exact) mass is 223 g/mol. The third kappa shape index (κ3) is 2.54. The number of pyridine rings is 1. The zero-order chi connectivity index (χ0) is 10.0. The predicted molar refractivity (Wildman–Crippen MR) is 45.6 cm³/mol. The first-order valence-corrected chi connectivity index (χ1v) is 3.98. The molecule has 0 aliphatic rings. The number of hydrogen-bond donors (Lipinski definition) is 1. The third-order valence-corrected chi connectivity index (χ3v) is 1.89. The number of carboxylic acids is 1. The third-order valence-electron chi connectivity index (χ3n) is 1.30. The Morgan fingerprint density at radius 2 is 2.15 bits per heavy atom. The normalized spacial score (nSPS) is 10.1. The lowest BCUT2D eigenvalue weighted by molar-refractivity contribution is -0.136. The van der Waals surface area contributed by atoms with Crippen molar-refractivity contribution in [2.75, 3.05) is 0 Å². The summed E-state index contributed by atoms with van der Waals surface area (Å²) in [6.07, 6.45) is -0.375. The molecule has 0 amide bonds. The van der Waals surface area contributed by atoms with Gasteiger partial charge in [-0.05, 0) is 6.07 Å². The Labute approximate surface area is 83.1 Å². The number of halogens is 3. The summed E-state index contributed by atoms with van der Waals surface area (Å²) >= 11 is 10.8. The fourth-order valence-corrected chi connectivity index (χ4v) is 1.16. The molecule has 1 aromatic rings. The quantitative estimate of drug-likeness (QED) is 0.783. The maximum absolute atomic E-state index is 12.8. The zero-order valence-corrected chi connectivity index (χ0v) is 7.73. The van der Waals surface area contributed by atoms with Crippen LogP contribution >= 0.6 is 23.2 Å². The van der Waals surface area contributed by atoms with E-state index in [0.29, 0.717) is 0 Å². The lowest BCUT2D eigenvalue weighted by atomic mass is 10.2. The van der Waals surface area contributed by atoms with Crippen LogP contribution in [0.1, 0.15) is 5.56 Å². The molecule has 1 N–H and O–H groups in total. The summed E-state index contributed by atoms with van der Waals surface area (Å²) in [6.45, 7) is 0. The fraction of sp³-hybridized carbons (Fsp3) is 0.143. The number of aromatic nitrogens is 1. The summed E-state index contributed by atoms with van der Waals surface area (Å²) in [5.74, 6) is -1.88. The van der Waals surface area contributed by atoms with Crippen molar-refractivity contribution in [3.8, 4) is 0 Å². The first-order chi connectivity index (χ1) is 6.00. The van der Waals surface area contributed by atoms with Crippen LogP contribution in [0.15, 0.2) is 6.07 Å². The van der Waals surface area contributed by atoms with Crippen LogP contribution in [0.4, 0.5) is 4.39 Å². The Morgan fingerprint density at radius 1 is 1.54 bits per heavy atom. The second-order valence-corrected chi connectivity index (χ2v) is 3.00. The SMILES string of the molecule is O=C(O)Cc1cc(F)c(Cl)nc1Cl. The van der Waals surface area contributed by atoms with Crippen molar-refractivity contribution >= 4 is 29.2 Å². The fourth-order valence-electron chi connectivity index (χ4n) is 0.770. The van der Waals surface area contributed by atoms with Crippen molar-refractivity contribution in [2.24, 2.45) is 0 Å². The van der Waals surface area contributed by atoms with Gasteiger partial charge in [-0.1, -0.05) is 23.2 Å². The number of aliphatic carboxylic acids is 1. The molecule has 13 heavy (non-hydrogen) atoms. The van der Waals surface area contributed by atoms with Gasteiger partial charge in [0, 0.05) is 5.56 Å². The van der Waals surface area contributed by atoms with Gasteiger partial charge in [-0.15, -0.1) is 0 Å². The average molecular weight is 224 g/mol. The molecule has 1 heterocycles. The van der Waals surface area contributed by atoms with Gasteiger partial charge in [0.2, 0.25) is 0 Å². The molecule has 3 nitrogen and oxygen atoms in total. The van der Waals surface area contributed by atoms with Crippen molar-refractivity contribution in [3.05, 3.63) is 27.8 Å². The van der Waals surface area contributed by atoms with Crippen molar-refractivity contribution in [2.45, 2.75) is 6.42 Å². The number of rotatable bonds is 2. The summed E-state index contributed by atoms with van der Waals surface area (Å²) < 4.78 is 12.8. The van der Waals surface area contributed by atoms with E-state index in [1.807, 2.05) is 0 Å². The van der Waals surface area contributed by atoms with E-state index < -0.39 is 11.8 Å². The summed E-state index contributed by atoms with van der Waals surface area (Å²) in [5.41, 5.74) is 0.107. The highest BCUT2D eigenvalue weighted by atomic mass is 35.5. The lowest BCUT2D eigenvalue weighted by Gasteiger charge is -2.01. The van der Waals surface area contributed by atoms with Gasteiger partial charge >= 0.3 is 5.97 Å². The number of carboxylic acid groups (broad SMARTS) is 1. The van der Waals surface area contributed by atoms with Crippen LogP contribution in [0, 0.1) is 5.82 Å². The van der Waals surface area contributed by atoms with E-state index in [1.165, 1.54) is 0 Å². The molecular formula is C7H4Cl2FNO2. The van der Waals surface area contributed by atoms with Crippen LogP contribution in [-0.2, 0) is 11.2 Å². The molecule has 1 aromatic heterocycles. The van der Waals surface area contributed by atoms with E-state index >= 15 is 0 Å². The molecule has 0 atom stereocenters. The highest BCUT2D eigenvalue weighted by Crippen LogP contribution is 2.20. The Balaban J connectivity index is 3.08. The Morgan fingerprint density at radius 3 is 2.69 bits per heavy atom. The molecule has 6 heteroatoms. The second kappa shape index (κ2) is 3.89. The molecule has 0 aliphatic carbocycles. The standard InChI is InChI=1S/C7H4Cl2FNO2/c8-6-3(2-5(12)13)1-4(10)7(9)11-6/h1H,2H2,(H,12,13). The molecule has 0 radical (unpaired) electrons. The van der Waals surface area contributed by atoms with Crippen LogP contribution in [0.25, 0.3) is 0 Å². The molecule has 0 unspecified atom stereocenters. The molecule has 0 fully saturated rings. The van der Waals surface area contributed by atoms with Crippen LogP contribution in [0.2, 0.25) is 10.3 Å². The summed E-state index contributed by atoms with van der Waals surface area (Å²) in [4.78, 5) is 13.7. The summed E-state index contributed by atoms with van der Waals surface area (Å²) in [7, 11) is 0. The lowest BCUT2D eigenvalue weighted by Crippen LogP contribution is -2.02. The van der Waals surface area contributed by atoms with Gasteiger partial charge in [-0.2, -0.15) is 0 Å². The van der Waals surface area contributed by atoms with Crippen LogP contribution < -0.4 is 0 Å². The van der Waals surface area contributed by atoms with Crippen molar-refractivity contribution in [1.29, 1.82) is 0 Å². The number of carbonyl (C=O) groups is 1. The maximum atomic E-state index is 12.8. The van der Waals surface area contributed by atoms with Gasteiger partial charge in [-0.3, -0.25) is 4.79 Å². The Hall–Kier alpha value is -0.870. The van der Waals surface area contributed by atoms with Gasteiger partial charge in [-0.25, -0.2) is 9.37 Å². The first-order valence-electron chi connectivity index (χ1n) is 3.23. The molecule has 0 spiro atoms. The zero-order valence-electron chi connectivity index (χ0n) is 6.22. The van der Waals surface area contributed by atoms with Crippen LogP contribution in [0.5, 0.6) is 0 Å². The molecule has 0 saturated heterocycles. The molecule has 0 aromatic carbocycles. The first kappa shape index (κ1) is 10.2. The molecule has 70 valence electrons. The van der Waals surface area contributed by atoms with Gasteiger partial charge in [0.25, 0.3) is 0 Å². The van der Waals surface area contributed by atoms with Crippen LogP contribution in [-0.4, -0.2) is 16.1 Å². The maximum Gasteiger partial charge on any atom is 0.307 e. The minimum atomic E-state index is -1.11. The molecule has 0 bridgehead atoms. The highest BCUT2D eigenvalue weighted by Gasteiger charge is 2.11. The number of hydrogen-bond acceptors (Lipinski definition) is 2. The van der Waals surface area contributed by atoms with E-state index in [9.17, 15) is 9.18 Å². The second-order valence-electron chi connectivity index (χ2n) is 2.28. The van der Waals surface area contributed by atoms with E-state index in [-0.39, 0.29) is 22.3 Å². The minimum Gasteiger partial charge on any atom is -0.481 e. The van der Waals surface area contributed by atoms with Gasteiger partial charge in [0.15, 0.2) is 11.0 Å². The number of nitrogens with zero attached hydrogens (tertiary/aromatic N) is 1. The van der Waals surface area contributed by atoms with Crippen molar-refractivity contribution in [3.63, 3.8) is 0 Å². The minimum absolute atomic E-state index is 0.0891. The van der Waals surface area contributed by atoms with Gasteiger partial charge < -0.3 is 5.11 Å². The smallest absolute Gasteiger partial charge is 0.307 e. The van der Waals surface area contributed by atoms with Gasteiger partial charge in [0.05, 0.1) is 6.42 Å². The summed E-state index contributed by atoms with van der Waals surface area (Å²) in [5, 5.41) is 7.96. The van der Waals surface area contributed by atoms with Crippen molar-refractivity contribution in [1.82, 2.24) is 4.98 Å². The van der Waals surface area contributed by atoms with E-state index in [2.05, 4.69) is 4.98 Å². The Bertz CT molecular complexity index is 357. The molecule has 0 aliphatic heterocycles.